The van der Waals surface area contributed by atoms with E-state index in [4.69, 9.17) is 4.99 Å². The van der Waals surface area contributed by atoms with Crippen molar-refractivity contribution in [3.8, 4) is 0 Å². The molecule has 130 valence electrons. The van der Waals surface area contributed by atoms with Gasteiger partial charge in [-0.15, -0.1) is 0 Å². The monoisotopic (exact) mass is 308 g/mol. The number of hydrogen-bond acceptors (Lipinski definition) is 2. The van der Waals surface area contributed by atoms with E-state index in [0.29, 0.717) is 18.0 Å². The van der Waals surface area contributed by atoms with Crippen LogP contribution in [0.25, 0.3) is 0 Å². The fourth-order valence-electron chi connectivity index (χ4n) is 3.28. The minimum Gasteiger partial charge on any atom is -0.356 e. The van der Waals surface area contributed by atoms with Gasteiger partial charge in [-0.2, -0.15) is 0 Å². The lowest BCUT2D eigenvalue weighted by Gasteiger charge is -2.26. The predicted molar refractivity (Wildman–Crippen MR) is 99.7 cm³/mol. The van der Waals surface area contributed by atoms with Gasteiger partial charge in [0.15, 0.2) is 0 Å². The summed E-state index contributed by atoms with van der Waals surface area (Å²) in [6.07, 6.45) is 13.8. The van der Waals surface area contributed by atoms with Crippen LogP contribution in [0.1, 0.15) is 98.8 Å². The number of unbranched alkanes of at least 4 members (excludes halogenated alkanes) is 8. The van der Waals surface area contributed by atoms with Crippen molar-refractivity contribution in [2.24, 2.45) is 10.9 Å². The smallest absolute Gasteiger partial charge is 0.0996 e. The van der Waals surface area contributed by atoms with Crippen molar-refractivity contribution in [1.82, 2.24) is 4.90 Å². The molecule has 0 aromatic heterocycles. The summed E-state index contributed by atoms with van der Waals surface area (Å²) >= 11 is 0. The number of hydrogen-bond donors (Lipinski definition) is 0. The first kappa shape index (κ1) is 19.5. The van der Waals surface area contributed by atoms with Gasteiger partial charge >= 0.3 is 0 Å². The zero-order chi connectivity index (χ0) is 16.4. The van der Waals surface area contributed by atoms with Crippen molar-refractivity contribution in [1.29, 1.82) is 0 Å². The van der Waals surface area contributed by atoms with E-state index in [1.54, 1.807) is 0 Å². The summed E-state index contributed by atoms with van der Waals surface area (Å²) in [6.45, 7) is 12.6. The Hall–Kier alpha value is -0.530. The third kappa shape index (κ3) is 7.15. The molecule has 0 amide bonds. The Morgan fingerprint density at radius 1 is 0.909 bits per heavy atom. The molecule has 0 bridgehead atoms. The average molecular weight is 309 g/mol. The van der Waals surface area contributed by atoms with E-state index in [1.165, 1.54) is 70.0 Å². The maximum Gasteiger partial charge on any atom is 0.0996 e. The first-order valence-corrected chi connectivity index (χ1v) is 9.89. The van der Waals surface area contributed by atoms with Crippen LogP contribution in [-0.2, 0) is 0 Å². The lowest BCUT2D eigenvalue weighted by Crippen LogP contribution is -2.36. The molecular weight excluding hydrogens is 268 g/mol. The molecule has 0 spiro atoms. The molecule has 0 saturated heterocycles. The van der Waals surface area contributed by atoms with E-state index in [9.17, 15) is 0 Å². The third-order valence-corrected chi connectivity index (χ3v) is 4.93. The Morgan fingerprint density at radius 3 is 1.95 bits per heavy atom. The molecule has 1 atom stereocenters. The first-order chi connectivity index (χ1) is 10.6. The molecule has 1 aliphatic rings. The van der Waals surface area contributed by atoms with Crippen LogP contribution in [0, 0.1) is 5.92 Å². The Kier molecular flexibility index (Phi) is 9.82. The van der Waals surface area contributed by atoms with Gasteiger partial charge in [-0.1, -0.05) is 72.1 Å². The molecule has 0 N–H and O–H groups in total. The van der Waals surface area contributed by atoms with E-state index < -0.39 is 0 Å². The van der Waals surface area contributed by atoms with Gasteiger partial charge < -0.3 is 4.90 Å². The van der Waals surface area contributed by atoms with E-state index in [1.807, 2.05) is 0 Å². The van der Waals surface area contributed by atoms with E-state index in [0.717, 1.165) is 6.54 Å². The summed E-state index contributed by atoms with van der Waals surface area (Å²) in [4.78, 5) is 7.54. The molecule has 2 nitrogen and oxygen atoms in total. The Bertz CT molecular complexity index is 307. The van der Waals surface area contributed by atoms with Crippen LogP contribution < -0.4 is 0 Å². The molecule has 22 heavy (non-hydrogen) atoms. The van der Waals surface area contributed by atoms with Gasteiger partial charge in [0.25, 0.3) is 0 Å². The second-order valence-electron chi connectivity index (χ2n) is 7.68. The van der Waals surface area contributed by atoms with E-state index in [2.05, 4.69) is 39.5 Å². The molecule has 1 unspecified atom stereocenters. The summed E-state index contributed by atoms with van der Waals surface area (Å²) in [5.41, 5.74) is 0. The highest BCUT2D eigenvalue weighted by Crippen LogP contribution is 2.22. The van der Waals surface area contributed by atoms with Crippen molar-refractivity contribution in [3.63, 3.8) is 0 Å². The highest BCUT2D eigenvalue weighted by atomic mass is 15.3. The molecule has 0 radical (unpaired) electrons. The van der Waals surface area contributed by atoms with Crippen LogP contribution >= 0.6 is 0 Å². The Labute approximate surface area is 139 Å². The Balaban J connectivity index is 2.15. The lowest BCUT2D eigenvalue weighted by atomic mass is 10.1. The van der Waals surface area contributed by atoms with Crippen LogP contribution in [0.2, 0.25) is 0 Å². The van der Waals surface area contributed by atoms with Gasteiger partial charge in [-0.05, 0) is 26.2 Å². The molecule has 0 aromatic carbocycles. The SMILES string of the molecule is CCCCCCCCCCCC1=NC(C(C)C)CN1C(C)C. The van der Waals surface area contributed by atoms with Crippen LogP contribution in [0.5, 0.6) is 0 Å². The molecule has 1 aliphatic heterocycles. The minimum atomic E-state index is 0.524. The number of aliphatic imine (C=N–C) groups is 1. The van der Waals surface area contributed by atoms with Crippen molar-refractivity contribution in [2.75, 3.05) is 6.54 Å². The van der Waals surface area contributed by atoms with Gasteiger partial charge in [-0.25, -0.2) is 0 Å². The molecule has 0 aliphatic carbocycles. The summed E-state index contributed by atoms with van der Waals surface area (Å²) in [5, 5.41) is 0. The fourth-order valence-corrected chi connectivity index (χ4v) is 3.28. The topological polar surface area (TPSA) is 15.6 Å². The highest BCUT2D eigenvalue weighted by Gasteiger charge is 2.27. The predicted octanol–water partition coefficient (Wildman–Crippen LogP) is 6.05. The minimum absolute atomic E-state index is 0.524. The number of amidine groups is 1. The lowest BCUT2D eigenvalue weighted by molar-refractivity contribution is 0.328. The standard InChI is InChI=1S/C20H40N2/c1-6-7-8-9-10-11-12-13-14-15-20-21-19(17(2)3)16-22(20)18(4)5/h17-19H,6-16H2,1-5H3. The van der Waals surface area contributed by atoms with Crippen LogP contribution in [0.15, 0.2) is 4.99 Å². The maximum atomic E-state index is 5.00. The molecule has 0 aromatic rings. The summed E-state index contributed by atoms with van der Waals surface area (Å²) in [5.74, 6) is 2.05. The van der Waals surface area contributed by atoms with Crippen molar-refractivity contribution < 1.29 is 0 Å². The van der Waals surface area contributed by atoms with Crippen LogP contribution in [0.4, 0.5) is 0 Å². The first-order valence-electron chi connectivity index (χ1n) is 9.89. The van der Waals surface area contributed by atoms with Gasteiger partial charge in [-0.3, -0.25) is 4.99 Å². The number of nitrogens with zero attached hydrogens (tertiary/aromatic N) is 2. The zero-order valence-corrected chi connectivity index (χ0v) is 15.9. The van der Waals surface area contributed by atoms with Gasteiger partial charge in [0.2, 0.25) is 0 Å². The fraction of sp³-hybridized carbons (Fsp3) is 0.950. The molecule has 2 heteroatoms. The quantitative estimate of drug-likeness (QED) is 0.400. The third-order valence-electron chi connectivity index (χ3n) is 4.93. The number of rotatable bonds is 12. The van der Waals surface area contributed by atoms with E-state index >= 15 is 0 Å². The zero-order valence-electron chi connectivity index (χ0n) is 15.9. The molecule has 1 heterocycles. The normalized spacial score (nSPS) is 18.6. The van der Waals surface area contributed by atoms with Crippen LogP contribution in [-0.4, -0.2) is 29.4 Å². The van der Waals surface area contributed by atoms with E-state index in [-0.39, 0.29) is 0 Å². The molecule has 1 rings (SSSR count). The molecule has 0 fully saturated rings. The van der Waals surface area contributed by atoms with Crippen LogP contribution in [0.3, 0.4) is 0 Å². The highest BCUT2D eigenvalue weighted by molar-refractivity contribution is 5.84. The van der Waals surface area contributed by atoms with Gasteiger partial charge in [0.1, 0.15) is 0 Å². The average Bonchev–Trinajstić information content (AvgIpc) is 2.90. The van der Waals surface area contributed by atoms with Crippen molar-refractivity contribution in [2.45, 2.75) is 111 Å². The summed E-state index contributed by atoms with van der Waals surface area (Å²) < 4.78 is 0. The largest absolute Gasteiger partial charge is 0.356 e. The second-order valence-corrected chi connectivity index (χ2v) is 7.68. The summed E-state index contributed by atoms with van der Waals surface area (Å²) in [7, 11) is 0. The van der Waals surface area contributed by atoms with Crippen molar-refractivity contribution >= 4 is 5.84 Å². The van der Waals surface area contributed by atoms with Crippen molar-refractivity contribution in [3.05, 3.63) is 0 Å². The molecule has 0 saturated carbocycles. The van der Waals surface area contributed by atoms with Gasteiger partial charge in [0.05, 0.1) is 11.9 Å². The Morgan fingerprint density at radius 2 is 1.45 bits per heavy atom. The maximum absolute atomic E-state index is 5.00. The molecular formula is C20H40N2. The summed E-state index contributed by atoms with van der Waals surface area (Å²) in [6, 6.07) is 1.12. The van der Waals surface area contributed by atoms with Gasteiger partial charge in [0, 0.05) is 19.0 Å². The second kappa shape index (κ2) is 11.1.